The summed E-state index contributed by atoms with van der Waals surface area (Å²) < 4.78 is 26.7. The molecule has 2 aromatic rings. The molecule has 7 nitrogen and oxygen atoms in total. The normalized spacial score (nSPS) is 13.8. The van der Waals surface area contributed by atoms with Crippen LogP contribution in [-0.4, -0.2) is 35.1 Å². The topological polar surface area (TPSA) is 69.5 Å². The third-order valence-electron chi connectivity index (χ3n) is 4.51. The number of ether oxygens (including phenoxy) is 2. The molecule has 1 aliphatic rings. The van der Waals surface area contributed by atoms with Gasteiger partial charge in [-0.3, -0.25) is 9.69 Å². The lowest BCUT2D eigenvalue weighted by atomic mass is 9.93. The number of rotatable bonds is 7. The summed E-state index contributed by atoms with van der Waals surface area (Å²) in [5.74, 6) is -0.488. The molecule has 0 N–H and O–H groups in total. The van der Waals surface area contributed by atoms with Gasteiger partial charge in [-0.15, -0.1) is 5.10 Å². The Balaban J connectivity index is 1.92. The summed E-state index contributed by atoms with van der Waals surface area (Å²) in [6.45, 7) is 3.57. The molecule has 0 unspecified atom stereocenters. The van der Waals surface area contributed by atoms with Crippen LogP contribution in [0.25, 0.3) is 0 Å². The van der Waals surface area contributed by atoms with Crippen LogP contribution in [0.15, 0.2) is 31.0 Å². The van der Waals surface area contributed by atoms with Crippen LogP contribution in [0, 0.1) is 5.82 Å². The molecule has 26 heavy (non-hydrogen) atoms. The number of halogens is 1. The molecule has 0 bridgehead atoms. The first kappa shape index (κ1) is 17.9. The molecular weight excluding hydrogens is 339 g/mol. The van der Waals surface area contributed by atoms with Gasteiger partial charge in [-0.05, 0) is 25.3 Å². The molecule has 138 valence electrons. The van der Waals surface area contributed by atoms with Gasteiger partial charge in [0.1, 0.15) is 5.69 Å². The van der Waals surface area contributed by atoms with Gasteiger partial charge in [0, 0.05) is 12.1 Å². The smallest absolute Gasteiger partial charge is 0.250 e. The fraction of sp³-hybridized carbons (Fsp3) is 0.389. The second kappa shape index (κ2) is 7.55. The van der Waals surface area contributed by atoms with E-state index in [4.69, 9.17) is 9.47 Å². The van der Waals surface area contributed by atoms with Crippen LogP contribution in [0.4, 0.5) is 10.1 Å². The van der Waals surface area contributed by atoms with Gasteiger partial charge in [0.15, 0.2) is 17.3 Å². The van der Waals surface area contributed by atoms with E-state index in [9.17, 15) is 9.18 Å². The number of aromatic nitrogens is 3. The fourth-order valence-corrected chi connectivity index (χ4v) is 2.82. The lowest BCUT2D eigenvalue weighted by molar-refractivity contribution is -0.114. The van der Waals surface area contributed by atoms with Crippen molar-refractivity contribution in [2.24, 2.45) is 0 Å². The molecule has 1 aromatic heterocycles. The molecule has 1 aromatic carbocycles. The molecule has 3 rings (SSSR count). The first-order valence-electron chi connectivity index (χ1n) is 8.33. The van der Waals surface area contributed by atoms with Gasteiger partial charge < -0.3 is 9.47 Å². The average Bonchev–Trinajstić information content (AvgIpc) is 3.05. The van der Waals surface area contributed by atoms with Gasteiger partial charge in [-0.25, -0.2) is 9.07 Å². The van der Waals surface area contributed by atoms with E-state index in [0.29, 0.717) is 17.5 Å². The van der Waals surface area contributed by atoms with Crippen LogP contribution in [0.2, 0.25) is 0 Å². The maximum Gasteiger partial charge on any atom is 0.250 e. The van der Waals surface area contributed by atoms with E-state index in [0.717, 1.165) is 18.9 Å². The van der Waals surface area contributed by atoms with E-state index in [2.05, 4.69) is 16.9 Å². The van der Waals surface area contributed by atoms with Crippen LogP contribution >= 0.6 is 0 Å². The number of hydrogen-bond acceptors (Lipinski definition) is 5. The minimum absolute atomic E-state index is 0.0609. The minimum atomic E-state index is -0.607. The Labute approximate surface area is 151 Å². The van der Waals surface area contributed by atoms with Gasteiger partial charge in [-0.2, -0.15) is 0 Å². The average molecular weight is 360 g/mol. The van der Waals surface area contributed by atoms with Crippen molar-refractivity contribution < 1.29 is 18.7 Å². The molecule has 0 spiro atoms. The van der Waals surface area contributed by atoms with Crippen LogP contribution in [0.3, 0.4) is 0 Å². The summed E-state index contributed by atoms with van der Waals surface area (Å²) in [7, 11) is 2.87. The molecule has 8 heteroatoms. The molecule has 1 heterocycles. The van der Waals surface area contributed by atoms with Crippen molar-refractivity contribution in [3.05, 3.63) is 42.5 Å². The van der Waals surface area contributed by atoms with E-state index >= 15 is 0 Å². The zero-order valence-electron chi connectivity index (χ0n) is 14.8. The number of hydrogen-bond donors (Lipinski definition) is 0. The van der Waals surface area contributed by atoms with Gasteiger partial charge in [0.25, 0.3) is 5.91 Å². The lowest BCUT2D eigenvalue weighted by Crippen LogP contribution is -2.29. The molecule has 1 amide bonds. The first-order valence-corrected chi connectivity index (χ1v) is 8.33. The number of methoxy groups -OCH3 is 2. The maximum atomic E-state index is 14.6. The standard InChI is InChI=1S/C18H21FN4O3/c1-4-18(24)22(10-12-11-23(21-20-12)13-6-5-7-13)15-9-17(26-3)16(25-2)8-14(15)19/h4,8-9,11,13H,1,5-7,10H2,2-3H3. The van der Waals surface area contributed by atoms with E-state index in [1.165, 1.54) is 37.7 Å². The Morgan fingerprint density at radius 2 is 2.08 bits per heavy atom. The third-order valence-corrected chi connectivity index (χ3v) is 4.51. The highest BCUT2D eigenvalue weighted by Gasteiger charge is 2.24. The molecule has 0 radical (unpaired) electrons. The van der Waals surface area contributed by atoms with Crippen LogP contribution < -0.4 is 14.4 Å². The van der Waals surface area contributed by atoms with Crippen molar-refractivity contribution in [2.75, 3.05) is 19.1 Å². The van der Waals surface area contributed by atoms with Gasteiger partial charge in [0.2, 0.25) is 0 Å². The third kappa shape index (κ3) is 3.40. The fourth-order valence-electron chi connectivity index (χ4n) is 2.82. The SMILES string of the molecule is C=CC(=O)N(Cc1cn(C2CCC2)nn1)c1cc(OC)c(OC)cc1F. The number of amides is 1. The second-order valence-electron chi connectivity index (χ2n) is 6.06. The molecule has 1 fully saturated rings. The Morgan fingerprint density at radius 1 is 1.38 bits per heavy atom. The van der Waals surface area contributed by atoms with Crippen LogP contribution in [0.5, 0.6) is 11.5 Å². The highest BCUT2D eigenvalue weighted by Crippen LogP contribution is 2.35. The van der Waals surface area contributed by atoms with Crippen molar-refractivity contribution in [1.29, 1.82) is 0 Å². The molecule has 1 saturated carbocycles. The monoisotopic (exact) mass is 360 g/mol. The highest BCUT2D eigenvalue weighted by molar-refractivity contribution is 6.01. The van der Waals surface area contributed by atoms with Crippen molar-refractivity contribution in [3.63, 3.8) is 0 Å². The summed E-state index contributed by atoms with van der Waals surface area (Å²) in [4.78, 5) is 13.6. The van der Waals surface area contributed by atoms with Gasteiger partial charge in [0.05, 0.1) is 38.7 Å². The van der Waals surface area contributed by atoms with Crippen LogP contribution in [0.1, 0.15) is 31.0 Å². The maximum absolute atomic E-state index is 14.6. The molecule has 0 aliphatic heterocycles. The first-order chi connectivity index (χ1) is 12.6. The van der Waals surface area contributed by atoms with E-state index in [1.54, 1.807) is 10.9 Å². The molecule has 1 aliphatic carbocycles. The summed E-state index contributed by atoms with van der Waals surface area (Å²) >= 11 is 0. The van der Waals surface area contributed by atoms with E-state index in [1.807, 2.05) is 0 Å². The second-order valence-corrected chi connectivity index (χ2v) is 6.06. The summed E-state index contributed by atoms with van der Waals surface area (Å²) in [5, 5.41) is 8.23. The van der Waals surface area contributed by atoms with Crippen LogP contribution in [-0.2, 0) is 11.3 Å². The van der Waals surface area contributed by atoms with Crippen molar-refractivity contribution in [1.82, 2.24) is 15.0 Å². The Morgan fingerprint density at radius 3 is 2.65 bits per heavy atom. The predicted molar refractivity (Wildman–Crippen MR) is 93.8 cm³/mol. The number of carbonyl (C=O) groups excluding carboxylic acids is 1. The minimum Gasteiger partial charge on any atom is -0.493 e. The van der Waals surface area contributed by atoms with E-state index < -0.39 is 11.7 Å². The molecule has 0 atom stereocenters. The number of nitrogens with zero attached hydrogens (tertiary/aromatic N) is 4. The van der Waals surface area contributed by atoms with Crippen molar-refractivity contribution in [2.45, 2.75) is 31.8 Å². The quantitative estimate of drug-likeness (QED) is 0.710. The Kier molecular flexibility index (Phi) is 5.20. The van der Waals surface area contributed by atoms with Gasteiger partial charge in [-0.1, -0.05) is 11.8 Å². The number of carbonyl (C=O) groups is 1. The lowest BCUT2D eigenvalue weighted by Gasteiger charge is -2.25. The number of benzene rings is 1. The predicted octanol–water partition coefficient (Wildman–Crippen LogP) is 2.88. The molecular formula is C18H21FN4O3. The summed E-state index contributed by atoms with van der Waals surface area (Å²) in [6.07, 6.45) is 6.25. The Hall–Kier alpha value is -2.90. The molecule has 0 saturated heterocycles. The van der Waals surface area contributed by atoms with Crippen molar-refractivity contribution in [3.8, 4) is 11.5 Å². The Bertz CT molecular complexity index is 817. The number of anilines is 1. The zero-order valence-corrected chi connectivity index (χ0v) is 14.8. The largest absolute Gasteiger partial charge is 0.493 e. The zero-order chi connectivity index (χ0) is 18.7. The highest BCUT2D eigenvalue weighted by atomic mass is 19.1. The van der Waals surface area contributed by atoms with E-state index in [-0.39, 0.29) is 18.0 Å². The van der Waals surface area contributed by atoms with Crippen molar-refractivity contribution >= 4 is 11.6 Å². The summed E-state index contributed by atoms with van der Waals surface area (Å²) in [5.41, 5.74) is 0.632. The summed E-state index contributed by atoms with van der Waals surface area (Å²) in [6, 6.07) is 2.96. The van der Waals surface area contributed by atoms with Gasteiger partial charge >= 0.3 is 0 Å².